The van der Waals surface area contributed by atoms with Crippen LogP contribution < -0.4 is 19.9 Å². The molecule has 1 aliphatic heterocycles. The smallest absolute Gasteiger partial charge is 0.234 e. The first kappa shape index (κ1) is 21.0. The summed E-state index contributed by atoms with van der Waals surface area (Å²) in [5.41, 5.74) is 1.91. The molecule has 1 aromatic heterocycles. The van der Waals surface area contributed by atoms with Crippen LogP contribution in [0.1, 0.15) is 0 Å². The van der Waals surface area contributed by atoms with Gasteiger partial charge in [0.1, 0.15) is 10.8 Å². The van der Waals surface area contributed by atoms with Gasteiger partial charge in [0, 0.05) is 31.9 Å². The quantitative estimate of drug-likeness (QED) is 0.569. The predicted octanol–water partition coefficient (Wildman–Crippen LogP) is 3.54. The number of piperazine rings is 1. The summed E-state index contributed by atoms with van der Waals surface area (Å²) in [4.78, 5) is 16.9. The average Bonchev–Trinajstić information content (AvgIpc) is 2.84. The summed E-state index contributed by atoms with van der Waals surface area (Å²) in [6.07, 6.45) is 0. The third-order valence-corrected chi connectivity index (χ3v) is 6.00. The van der Waals surface area contributed by atoms with Crippen molar-refractivity contribution in [3.63, 3.8) is 0 Å². The summed E-state index contributed by atoms with van der Waals surface area (Å²) in [5.74, 6) is 1.65. The molecule has 8 heteroatoms. The highest BCUT2D eigenvalue weighted by atomic mass is 32.2. The van der Waals surface area contributed by atoms with Gasteiger partial charge in [-0.3, -0.25) is 4.79 Å². The van der Waals surface area contributed by atoms with Crippen molar-refractivity contribution in [1.29, 1.82) is 0 Å². The number of ether oxygens (including phenoxy) is 1. The van der Waals surface area contributed by atoms with E-state index in [1.54, 1.807) is 7.11 Å². The van der Waals surface area contributed by atoms with Gasteiger partial charge < -0.3 is 19.9 Å². The number of para-hydroxylation sites is 3. The van der Waals surface area contributed by atoms with Crippen molar-refractivity contribution >= 4 is 34.9 Å². The van der Waals surface area contributed by atoms with E-state index in [9.17, 15) is 4.79 Å². The molecule has 31 heavy (non-hydrogen) atoms. The molecule has 0 spiro atoms. The number of carbonyl (C=O) groups excluding carboxylic acids is 1. The normalized spacial score (nSPS) is 13.7. The highest BCUT2D eigenvalue weighted by molar-refractivity contribution is 7.99. The zero-order chi connectivity index (χ0) is 21.5. The van der Waals surface area contributed by atoms with E-state index in [2.05, 4.69) is 49.6 Å². The summed E-state index contributed by atoms with van der Waals surface area (Å²) >= 11 is 1.36. The summed E-state index contributed by atoms with van der Waals surface area (Å²) < 4.78 is 5.26. The van der Waals surface area contributed by atoms with Crippen molar-refractivity contribution in [3.05, 3.63) is 66.7 Å². The van der Waals surface area contributed by atoms with Crippen molar-refractivity contribution in [3.8, 4) is 5.75 Å². The first-order valence-corrected chi connectivity index (χ1v) is 11.2. The Morgan fingerprint density at radius 3 is 2.35 bits per heavy atom. The van der Waals surface area contributed by atoms with Crippen LogP contribution in [0.4, 0.5) is 17.2 Å². The molecule has 0 aliphatic carbocycles. The molecule has 7 nitrogen and oxygen atoms in total. The van der Waals surface area contributed by atoms with Gasteiger partial charge in [-0.25, -0.2) is 0 Å². The number of carbonyl (C=O) groups is 1. The molecule has 1 amide bonds. The number of amides is 1. The van der Waals surface area contributed by atoms with Crippen LogP contribution in [0.3, 0.4) is 0 Å². The third kappa shape index (κ3) is 5.46. The maximum Gasteiger partial charge on any atom is 0.234 e. The highest BCUT2D eigenvalue weighted by Crippen LogP contribution is 2.24. The molecule has 2 aromatic carbocycles. The van der Waals surface area contributed by atoms with E-state index >= 15 is 0 Å². The Bertz CT molecular complexity index is 992. The first-order valence-electron chi connectivity index (χ1n) is 10.2. The third-order valence-electron chi connectivity index (χ3n) is 5.08. The lowest BCUT2D eigenvalue weighted by molar-refractivity contribution is -0.113. The lowest BCUT2D eigenvalue weighted by Gasteiger charge is -2.36. The molecule has 0 saturated carbocycles. The number of nitrogens with zero attached hydrogens (tertiary/aromatic N) is 4. The fraction of sp³-hybridized carbons (Fsp3) is 0.261. The number of thioether (sulfide) groups is 1. The average molecular weight is 436 g/mol. The Morgan fingerprint density at radius 2 is 1.65 bits per heavy atom. The minimum atomic E-state index is -0.114. The van der Waals surface area contributed by atoms with Crippen molar-refractivity contribution in [2.24, 2.45) is 0 Å². The molecule has 2 heterocycles. The molecule has 0 bridgehead atoms. The number of aromatic nitrogens is 2. The number of hydrogen-bond donors (Lipinski definition) is 1. The molecule has 160 valence electrons. The van der Waals surface area contributed by atoms with Gasteiger partial charge in [-0.2, -0.15) is 0 Å². The standard InChI is InChI=1S/C23H25N5O2S/c1-30-20-10-6-5-9-19(20)24-22(29)17-31-23-12-11-21(25-26-23)28-15-13-27(14-16-28)18-7-3-2-4-8-18/h2-12H,13-17H2,1H3,(H,24,29). The largest absolute Gasteiger partial charge is 0.495 e. The van der Waals surface area contributed by atoms with Crippen LogP contribution in [0.15, 0.2) is 71.8 Å². The second kappa shape index (κ2) is 10.2. The van der Waals surface area contributed by atoms with Crippen molar-refractivity contribution < 1.29 is 9.53 Å². The molecule has 0 atom stereocenters. The Hall–Kier alpha value is -3.26. The Labute approximate surface area is 186 Å². The van der Waals surface area contributed by atoms with Gasteiger partial charge in [-0.15, -0.1) is 10.2 Å². The van der Waals surface area contributed by atoms with Gasteiger partial charge in [-0.05, 0) is 36.4 Å². The van der Waals surface area contributed by atoms with E-state index < -0.39 is 0 Å². The van der Waals surface area contributed by atoms with E-state index in [0.29, 0.717) is 11.4 Å². The van der Waals surface area contributed by atoms with Gasteiger partial charge in [0.2, 0.25) is 5.91 Å². The molecule has 3 aromatic rings. The molecule has 4 rings (SSSR count). The fourth-order valence-electron chi connectivity index (χ4n) is 3.46. The van der Waals surface area contributed by atoms with Gasteiger partial charge in [0.25, 0.3) is 0 Å². The lowest BCUT2D eigenvalue weighted by Crippen LogP contribution is -2.46. The molecule has 0 unspecified atom stereocenters. The molecule has 0 radical (unpaired) electrons. The molecule has 1 fully saturated rings. The van der Waals surface area contributed by atoms with E-state index in [1.807, 2.05) is 42.5 Å². The number of methoxy groups -OCH3 is 1. The van der Waals surface area contributed by atoms with Gasteiger partial charge >= 0.3 is 0 Å². The number of anilines is 3. The minimum absolute atomic E-state index is 0.114. The first-order chi connectivity index (χ1) is 15.2. The molecular formula is C23H25N5O2S. The summed E-state index contributed by atoms with van der Waals surface area (Å²) in [7, 11) is 1.58. The van der Waals surface area contributed by atoms with Crippen LogP contribution in [-0.4, -0.2) is 55.1 Å². The van der Waals surface area contributed by atoms with Crippen LogP contribution in [0, 0.1) is 0 Å². The van der Waals surface area contributed by atoms with Gasteiger partial charge in [0.05, 0.1) is 18.6 Å². The summed E-state index contributed by atoms with van der Waals surface area (Å²) in [5, 5.41) is 12.3. The van der Waals surface area contributed by atoms with Gasteiger partial charge in [0.15, 0.2) is 5.82 Å². The maximum atomic E-state index is 12.3. The van der Waals surface area contributed by atoms with Crippen LogP contribution in [0.5, 0.6) is 5.75 Å². The Morgan fingerprint density at radius 1 is 0.935 bits per heavy atom. The second-order valence-corrected chi connectivity index (χ2v) is 8.07. The van der Waals surface area contributed by atoms with Crippen LogP contribution >= 0.6 is 11.8 Å². The summed E-state index contributed by atoms with van der Waals surface area (Å²) in [6.45, 7) is 3.70. The van der Waals surface area contributed by atoms with Crippen LogP contribution in [0.25, 0.3) is 0 Å². The SMILES string of the molecule is COc1ccccc1NC(=O)CSc1ccc(N2CCN(c3ccccc3)CC2)nn1. The number of nitrogens with one attached hydrogen (secondary N) is 1. The monoisotopic (exact) mass is 435 g/mol. The second-order valence-electron chi connectivity index (χ2n) is 7.08. The molecule has 1 aliphatic rings. The molecular weight excluding hydrogens is 410 g/mol. The topological polar surface area (TPSA) is 70.6 Å². The van der Waals surface area contributed by atoms with Crippen molar-refractivity contribution in [1.82, 2.24) is 10.2 Å². The number of rotatable bonds is 7. The van der Waals surface area contributed by atoms with Gasteiger partial charge in [-0.1, -0.05) is 42.1 Å². The van der Waals surface area contributed by atoms with Crippen LogP contribution in [0.2, 0.25) is 0 Å². The minimum Gasteiger partial charge on any atom is -0.495 e. The summed E-state index contributed by atoms with van der Waals surface area (Å²) in [6, 6.07) is 21.7. The van der Waals surface area contributed by atoms with E-state index in [0.717, 1.165) is 37.0 Å². The molecule has 1 N–H and O–H groups in total. The Kier molecular flexibility index (Phi) is 6.89. The fourth-order valence-corrected chi connectivity index (χ4v) is 4.08. The number of benzene rings is 2. The zero-order valence-corrected chi connectivity index (χ0v) is 18.2. The van der Waals surface area contributed by atoms with Crippen molar-refractivity contribution in [2.75, 3.05) is 54.2 Å². The highest BCUT2D eigenvalue weighted by Gasteiger charge is 2.18. The lowest BCUT2D eigenvalue weighted by atomic mass is 10.2. The maximum absolute atomic E-state index is 12.3. The van der Waals surface area contributed by atoms with Crippen LogP contribution in [-0.2, 0) is 4.79 Å². The Balaban J connectivity index is 1.26. The van der Waals surface area contributed by atoms with E-state index in [4.69, 9.17) is 4.74 Å². The van der Waals surface area contributed by atoms with E-state index in [-0.39, 0.29) is 11.7 Å². The van der Waals surface area contributed by atoms with Crippen molar-refractivity contribution in [2.45, 2.75) is 5.03 Å². The number of hydrogen-bond acceptors (Lipinski definition) is 7. The predicted molar refractivity (Wildman–Crippen MR) is 125 cm³/mol. The molecule has 1 saturated heterocycles. The van der Waals surface area contributed by atoms with E-state index in [1.165, 1.54) is 17.4 Å². The zero-order valence-electron chi connectivity index (χ0n) is 17.4.